The summed E-state index contributed by atoms with van der Waals surface area (Å²) in [4.78, 5) is 22.3. The van der Waals surface area contributed by atoms with Crippen molar-refractivity contribution in [1.29, 1.82) is 0 Å². The molecule has 4 aromatic heterocycles. The third kappa shape index (κ3) is 6.70. The molecule has 13 rings (SSSR count). The molecule has 0 saturated heterocycles. The quantitative estimate of drug-likeness (QED) is 0.160. The molecule has 68 heavy (non-hydrogen) atoms. The van der Waals surface area contributed by atoms with E-state index in [2.05, 4.69) is 188 Å². The number of nitrogens with zero attached hydrogens (tertiary/aromatic N) is 4. The molecule has 0 radical (unpaired) electrons. The summed E-state index contributed by atoms with van der Waals surface area (Å²) < 4.78 is 0. The Bertz CT molecular complexity index is 3530. The summed E-state index contributed by atoms with van der Waals surface area (Å²) in [5.41, 5.74) is 21.2. The summed E-state index contributed by atoms with van der Waals surface area (Å²) in [7, 11) is 0. The normalized spacial score (nSPS) is 12.8. The van der Waals surface area contributed by atoms with Crippen molar-refractivity contribution < 1.29 is 0 Å². The van der Waals surface area contributed by atoms with Crippen LogP contribution in [-0.4, -0.2) is 19.9 Å². The van der Waals surface area contributed by atoms with Gasteiger partial charge in [0.15, 0.2) is 0 Å². The minimum atomic E-state index is -0.578. The number of fused-ring (bicyclic) bond motifs is 9. The van der Waals surface area contributed by atoms with E-state index in [1.807, 2.05) is 66.6 Å². The Labute approximate surface area is 399 Å². The highest BCUT2D eigenvalue weighted by molar-refractivity contribution is 7.99. The van der Waals surface area contributed by atoms with Gasteiger partial charge in [0.25, 0.3) is 0 Å². The molecular weight excluding hydrogens is 845 g/mol. The fourth-order valence-corrected chi connectivity index (χ4v) is 11.5. The van der Waals surface area contributed by atoms with Crippen molar-refractivity contribution in [2.24, 2.45) is 0 Å². The van der Waals surface area contributed by atoms with Crippen LogP contribution in [0, 0.1) is 0 Å². The summed E-state index contributed by atoms with van der Waals surface area (Å²) in [6, 6.07) is 82.8. The second-order valence-electron chi connectivity index (χ2n) is 17.4. The van der Waals surface area contributed by atoms with Gasteiger partial charge >= 0.3 is 0 Å². The minimum Gasteiger partial charge on any atom is -0.255 e. The molecule has 318 valence electrons. The molecule has 2 aliphatic rings. The molecule has 1 aliphatic heterocycles. The van der Waals surface area contributed by atoms with E-state index in [-0.39, 0.29) is 0 Å². The van der Waals surface area contributed by atoms with Crippen LogP contribution in [0.15, 0.2) is 253 Å². The highest BCUT2D eigenvalue weighted by atomic mass is 32.2. The first-order valence-corrected chi connectivity index (χ1v) is 23.7. The highest BCUT2D eigenvalue weighted by Crippen LogP contribution is 2.63. The monoisotopic (exact) mass is 884 g/mol. The Kier molecular flexibility index (Phi) is 9.62. The first-order chi connectivity index (χ1) is 33.7. The Morgan fingerprint density at radius 1 is 0.265 bits per heavy atom. The van der Waals surface area contributed by atoms with Crippen molar-refractivity contribution in [2.45, 2.75) is 15.2 Å². The molecule has 0 atom stereocenters. The van der Waals surface area contributed by atoms with E-state index in [0.29, 0.717) is 0 Å². The summed E-state index contributed by atoms with van der Waals surface area (Å²) in [5.74, 6) is 0. The number of aromatic nitrogens is 4. The van der Waals surface area contributed by atoms with Gasteiger partial charge in [0.05, 0.1) is 39.6 Å². The number of benzene rings is 7. The van der Waals surface area contributed by atoms with E-state index >= 15 is 0 Å². The molecule has 4 nitrogen and oxygen atoms in total. The minimum absolute atomic E-state index is 0.578. The highest BCUT2D eigenvalue weighted by Gasteiger charge is 2.50. The van der Waals surface area contributed by atoms with Crippen LogP contribution in [0.3, 0.4) is 0 Å². The van der Waals surface area contributed by atoms with Crippen LogP contribution < -0.4 is 0 Å². The van der Waals surface area contributed by atoms with Gasteiger partial charge in [0.1, 0.15) is 0 Å². The van der Waals surface area contributed by atoms with Crippen LogP contribution in [0.5, 0.6) is 0 Å². The summed E-state index contributed by atoms with van der Waals surface area (Å²) in [6.45, 7) is 0. The third-order valence-electron chi connectivity index (χ3n) is 13.5. The Morgan fingerprint density at radius 3 is 1.21 bits per heavy atom. The van der Waals surface area contributed by atoms with E-state index < -0.39 is 5.41 Å². The van der Waals surface area contributed by atoms with Crippen LogP contribution in [0.25, 0.3) is 89.8 Å². The summed E-state index contributed by atoms with van der Waals surface area (Å²) >= 11 is 1.86. The molecule has 0 bridgehead atoms. The van der Waals surface area contributed by atoms with Crippen molar-refractivity contribution in [2.75, 3.05) is 0 Å². The Morgan fingerprint density at radius 2 is 0.662 bits per heavy atom. The molecular formula is C63H40N4S. The summed E-state index contributed by atoms with van der Waals surface area (Å²) in [5, 5.41) is 0. The smallest absolute Gasteiger partial charge is 0.0900 e. The average Bonchev–Trinajstić information content (AvgIpc) is 3.70. The van der Waals surface area contributed by atoms with Gasteiger partial charge < -0.3 is 0 Å². The number of hydrogen-bond donors (Lipinski definition) is 0. The molecule has 11 aromatic rings. The molecule has 1 aliphatic carbocycles. The van der Waals surface area contributed by atoms with E-state index in [4.69, 9.17) is 19.9 Å². The second kappa shape index (κ2) is 16.4. The predicted octanol–water partition coefficient (Wildman–Crippen LogP) is 15.8. The van der Waals surface area contributed by atoms with Gasteiger partial charge in [0.2, 0.25) is 0 Å². The van der Waals surface area contributed by atoms with Gasteiger partial charge in [-0.1, -0.05) is 169 Å². The maximum Gasteiger partial charge on any atom is 0.0900 e. The third-order valence-corrected chi connectivity index (χ3v) is 14.6. The zero-order valence-electron chi connectivity index (χ0n) is 36.8. The molecule has 0 N–H and O–H groups in total. The number of rotatable bonds is 7. The van der Waals surface area contributed by atoms with E-state index in [1.54, 1.807) is 0 Å². The fourth-order valence-electron chi connectivity index (χ4n) is 10.3. The van der Waals surface area contributed by atoms with Crippen LogP contribution in [-0.2, 0) is 5.41 Å². The van der Waals surface area contributed by atoms with Crippen LogP contribution in [0.2, 0.25) is 0 Å². The van der Waals surface area contributed by atoms with Crippen LogP contribution in [0.4, 0.5) is 0 Å². The van der Waals surface area contributed by atoms with E-state index in [0.717, 1.165) is 67.5 Å². The van der Waals surface area contributed by atoms with Crippen LogP contribution in [0.1, 0.15) is 22.3 Å². The average molecular weight is 885 g/mol. The van der Waals surface area contributed by atoms with Gasteiger partial charge in [-0.25, -0.2) is 9.97 Å². The van der Waals surface area contributed by atoms with E-state index in [9.17, 15) is 0 Å². The topological polar surface area (TPSA) is 51.6 Å². The van der Waals surface area contributed by atoms with Crippen molar-refractivity contribution in [1.82, 2.24) is 19.9 Å². The molecule has 1 spiro atoms. The van der Waals surface area contributed by atoms with Gasteiger partial charge in [-0.3, -0.25) is 9.97 Å². The van der Waals surface area contributed by atoms with E-state index in [1.165, 1.54) is 54.3 Å². The molecule has 5 heteroatoms. The lowest BCUT2D eigenvalue weighted by molar-refractivity contribution is 0.723. The van der Waals surface area contributed by atoms with Crippen molar-refractivity contribution >= 4 is 11.8 Å². The van der Waals surface area contributed by atoms with Gasteiger partial charge in [0, 0.05) is 33.3 Å². The lowest BCUT2D eigenvalue weighted by Gasteiger charge is -2.40. The van der Waals surface area contributed by atoms with Gasteiger partial charge in [-0.05, 0) is 140 Å². The molecule has 0 fully saturated rings. The molecule has 0 amide bonds. The van der Waals surface area contributed by atoms with Crippen molar-refractivity contribution in [3.8, 4) is 89.8 Å². The van der Waals surface area contributed by atoms with Crippen LogP contribution >= 0.6 is 11.8 Å². The predicted molar refractivity (Wildman–Crippen MR) is 277 cm³/mol. The maximum atomic E-state index is 5.23. The lowest BCUT2D eigenvalue weighted by Crippen LogP contribution is -2.32. The zero-order chi connectivity index (χ0) is 45.0. The number of pyridine rings is 4. The number of hydrogen-bond acceptors (Lipinski definition) is 5. The summed E-state index contributed by atoms with van der Waals surface area (Å²) in [6.07, 6.45) is 3.64. The van der Waals surface area contributed by atoms with Gasteiger partial charge in [-0.15, -0.1) is 0 Å². The van der Waals surface area contributed by atoms with Crippen molar-refractivity contribution in [3.63, 3.8) is 0 Å². The fraction of sp³-hybridized carbons (Fsp3) is 0.0159. The Balaban J connectivity index is 0.967. The van der Waals surface area contributed by atoms with Gasteiger partial charge in [-0.2, -0.15) is 0 Å². The molecule has 5 heterocycles. The lowest BCUT2D eigenvalue weighted by atomic mass is 9.67. The SMILES string of the molecule is c1ccc(-c2cc(-c3ccccc3)nc(-c3ccc(-c4ccc5c(c4)C4(c6ccccc6Sc6ccccc64)c4cc(-c6cc(-c7ccccn7)nc(-c7ccccn7)c6)ccc4-5)cc3)c2)cc1. The Hall–Kier alpha value is -8.51. The molecule has 0 unspecified atom stereocenters. The largest absolute Gasteiger partial charge is 0.255 e. The van der Waals surface area contributed by atoms with Crippen molar-refractivity contribution in [3.05, 3.63) is 265 Å². The first-order valence-electron chi connectivity index (χ1n) is 22.9. The zero-order valence-corrected chi connectivity index (χ0v) is 37.6. The molecule has 0 saturated carbocycles. The second-order valence-corrected chi connectivity index (χ2v) is 18.4. The molecule has 7 aromatic carbocycles. The first kappa shape index (κ1) is 39.8. The standard InChI is InChI=1S/C63H40N4S/c1-3-15-41(16-4-1)47-37-57(43-17-5-2-6-18-43)66-58(38-47)44-27-25-42(26-28-44)45-29-31-49-50-32-30-46(48-39-59(55-21-11-13-33-64-55)67-60(40-48)56-22-12-14-34-65-56)36-54(50)63(53(49)35-45)51-19-7-9-23-61(51)68-62-24-10-8-20-52(62)63/h1-40H. The maximum absolute atomic E-state index is 5.23.